The van der Waals surface area contributed by atoms with Crippen molar-refractivity contribution in [3.05, 3.63) is 53.6 Å². The first-order valence-corrected chi connectivity index (χ1v) is 7.60. The van der Waals surface area contributed by atoms with E-state index in [-0.39, 0.29) is 5.41 Å². The molecular weight excluding hydrogens is 284 g/mol. The lowest BCUT2D eigenvalue weighted by Crippen LogP contribution is -2.46. The summed E-state index contributed by atoms with van der Waals surface area (Å²) in [6.45, 7) is 6.77. The van der Waals surface area contributed by atoms with Gasteiger partial charge in [0.2, 0.25) is 0 Å². The molecule has 0 radical (unpaired) electrons. The van der Waals surface area contributed by atoms with Gasteiger partial charge in [0.25, 0.3) is 0 Å². The van der Waals surface area contributed by atoms with Crippen molar-refractivity contribution in [2.75, 3.05) is 0 Å². The van der Waals surface area contributed by atoms with Crippen LogP contribution in [0, 0.1) is 5.41 Å². The van der Waals surface area contributed by atoms with Gasteiger partial charge in [-0.2, -0.15) is 0 Å². The summed E-state index contributed by atoms with van der Waals surface area (Å²) in [7, 11) is 0. The number of hydrogen-bond acceptors (Lipinski definition) is 2. The molecule has 0 amide bonds. The Morgan fingerprint density at radius 1 is 1.19 bits per heavy atom. The van der Waals surface area contributed by atoms with Gasteiger partial charge in [0.1, 0.15) is 0 Å². The Balaban J connectivity index is 2.11. The average molecular weight is 307 g/mol. The van der Waals surface area contributed by atoms with E-state index in [2.05, 4.69) is 25.8 Å². The van der Waals surface area contributed by atoms with Crippen LogP contribution in [0.3, 0.4) is 0 Å². The number of nitrogens with zero attached hydrogens (tertiary/aromatic N) is 2. The molecule has 1 aromatic heterocycles. The maximum absolute atomic E-state index is 11.2. The predicted octanol–water partition coefficient (Wildman–Crippen LogP) is 3.95. The largest absolute Gasteiger partial charge is 0.387 e. The fraction of sp³-hybridized carbons (Fsp3) is 0.471. The van der Waals surface area contributed by atoms with Gasteiger partial charge in [-0.1, -0.05) is 44.5 Å². The van der Waals surface area contributed by atoms with E-state index in [4.69, 9.17) is 11.6 Å². The minimum Gasteiger partial charge on any atom is -0.387 e. The summed E-state index contributed by atoms with van der Waals surface area (Å²) < 4.78 is 1.94. The number of aryl methyl sites for hydroxylation is 1. The maximum Gasteiger partial charge on any atom is 0.0946 e. The van der Waals surface area contributed by atoms with Gasteiger partial charge < -0.3 is 9.67 Å². The highest BCUT2D eigenvalue weighted by Gasteiger charge is 2.39. The van der Waals surface area contributed by atoms with Crippen LogP contribution >= 0.6 is 11.6 Å². The zero-order valence-corrected chi connectivity index (χ0v) is 13.6. The van der Waals surface area contributed by atoms with Crippen LogP contribution in [0.5, 0.6) is 0 Å². The topological polar surface area (TPSA) is 38.0 Å². The SMILES string of the molecule is CC(C)(C)C(O)(CCc1ccc(Cl)cc1)Cn1ccnc1. The minimum absolute atomic E-state index is 0.219. The molecule has 0 bridgehead atoms. The average Bonchev–Trinajstić information content (AvgIpc) is 2.89. The zero-order valence-electron chi connectivity index (χ0n) is 12.9. The first-order valence-electron chi connectivity index (χ1n) is 7.23. The van der Waals surface area contributed by atoms with Gasteiger partial charge in [0, 0.05) is 17.4 Å². The summed E-state index contributed by atoms with van der Waals surface area (Å²) in [5, 5.41) is 11.9. The molecule has 2 rings (SSSR count). The number of aliphatic hydroxyl groups is 1. The van der Waals surface area contributed by atoms with Crippen molar-refractivity contribution < 1.29 is 5.11 Å². The number of halogens is 1. The molecule has 0 aliphatic carbocycles. The van der Waals surface area contributed by atoms with E-state index < -0.39 is 5.60 Å². The molecule has 1 unspecified atom stereocenters. The van der Waals surface area contributed by atoms with Crippen LogP contribution in [0.4, 0.5) is 0 Å². The van der Waals surface area contributed by atoms with Gasteiger partial charge >= 0.3 is 0 Å². The van der Waals surface area contributed by atoms with Crippen LogP contribution in [0.2, 0.25) is 5.02 Å². The van der Waals surface area contributed by atoms with E-state index in [0.29, 0.717) is 13.0 Å². The Hall–Kier alpha value is -1.32. The molecule has 21 heavy (non-hydrogen) atoms. The molecule has 1 heterocycles. The highest BCUT2D eigenvalue weighted by atomic mass is 35.5. The lowest BCUT2D eigenvalue weighted by molar-refractivity contribution is -0.0773. The highest BCUT2D eigenvalue weighted by Crippen LogP contribution is 2.35. The second kappa shape index (κ2) is 6.20. The molecule has 2 aromatic rings. The number of aromatic nitrogens is 2. The fourth-order valence-electron chi connectivity index (χ4n) is 2.38. The summed E-state index contributed by atoms with van der Waals surface area (Å²) in [5.74, 6) is 0. The van der Waals surface area contributed by atoms with Crippen LogP contribution in [0.15, 0.2) is 43.0 Å². The van der Waals surface area contributed by atoms with Crippen LogP contribution in [-0.4, -0.2) is 20.3 Å². The number of benzene rings is 1. The maximum atomic E-state index is 11.2. The number of hydrogen-bond donors (Lipinski definition) is 1. The summed E-state index contributed by atoms with van der Waals surface area (Å²) in [6.07, 6.45) is 6.89. The highest BCUT2D eigenvalue weighted by molar-refractivity contribution is 6.30. The van der Waals surface area contributed by atoms with Crippen LogP contribution in [0.25, 0.3) is 0 Å². The van der Waals surface area contributed by atoms with Gasteiger partial charge in [-0.15, -0.1) is 0 Å². The Kier molecular flexibility index (Phi) is 4.74. The van der Waals surface area contributed by atoms with Crippen molar-refractivity contribution in [2.45, 2.75) is 45.8 Å². The van der Waals surface area contributed by atoms with Crippen molar-refractivity contribution in [2.24, 2.45) is 5.41 Å². The van der Waals surface area contributed by atoms with Crippen molar-refractivity contribution in [3.8, 4) is 0 Å². The molecule has 3 nitrogen and oxygen atoms in total. The lowest BCUT2D eigenvalue weighted by Gasteiger charge is -2.41. The Morgan fingerprint density at radius 3 is 2.38 bits per heavy atom. The van der Waals surface area contributed by atoms with E-state index in [1.807, 2.05) is 35.0 Å². The molecule has 0 aliphatic rings. The molecule has 0 fully saturated rings. The Labute approximate surface area is 131 Å². The molecule has 1 aromatic carbocycles. The molecule has 1 N–H and O–H groups in total. The summed E-state index contributed by atoms with van der Waals surface area (Å²) in [6, 6.07) is 7.82. The number of rotatable bonds is 5. The normalized spacial score (nSPS) is 14.9. The van der Waals surface area contributed by atoms with E-state index in [1.165, 1.54) is 5.56 Å². The van der Waals surface area contributed by atoms with Gasteiger partial charge in [-0.25, -0.2) is 4.98 Å². The third-order valence-corrected chi connectivity index (χ3v) is 4.39. The third kappa shape index (κ3) is 4.08. The summed E-state index contributed by atoms with van der Waals surface area (Å²) in [4.78, 5) is 4.05. The van der Waals surface area contributed by atoms with Crippen molar-refractivity contribution >= 4 is 11.6 Å². The van der Waals surface area contributed by atoms with E-state index >= 15 is 0 Å². The first-order chi connectivity index (χ1) is 9.80. The Bertz CT molecular complexity index is 557. The van der Waals surface area contributed by atoms with Gasteiger partial charge in [-0.05, 0) is 36.0 Å². The molecule has 4 heteroatoms. The van der Waals surface area contributed by atoms with E-state index in [1.54, 1.807) is 12.5 Å². The van der Waals surface area contributed by atoms with Gasteiger partial charge in [0.15, 0.2) is 0 Å². The number of imidazole rings is 1. The molecule has 1 atom stereocenters. The van der Waals surface area contributed by atoms with Crippen LogP contribution in [-0.2, 0) is 13.0 Å². The van der Waals surface area contributed by atoms with Crippen LogP contribution in [0.1, 0.15) is 32.8 Å². The predicted molar refractivity (Wildman–Crippen MR) is 86.4 cm³/mol. The minimum atomic E-state index is -0.798. The van der Waals surface area contributed by atoms with Crippen LogP contribution < -0.4 is 0 Å². The van der Waals surface area contributed by atoms with Gasteiger partial charge in [0.05, 0.1) is 18.5 Å². The molecule has 0 aliphatic heterocycles. The molecule has 114 valence electrons. The van der Waals surface area contributed by atoms with E-state index in [0.717, 1.165) is 11.4 Å². The van der Waals surface area contributed by atoms with Gasteiger partial charge in [-0.3, -0.25) is 0 Å². The summed E-state index contributed by atoms with van der Waals surface area (Å²) in [5.41, 5.74) is 0.171. The van der Waals surface area contributed by atoms with E-state index in [9.17, 15) is 5.11 Å². The molecule has 0 spiro atoms. The Morgan fingerprint density at radius 2 is 1.86 bits per heavy atom. The third-order valence-electron chi connectivity index (χ3n) is 4.14. The molecule has 0 saturated heterocycles. The zero-order chi connectivity index (χ0) is 15.5. The standard InChI is InChI=1S/C17H23ClN2O/c1-16(2,3)17(21,12-20-11-10-19-13-20)9-8-14-4-6-15(18)7-5-14/h4-7,10-11,13,21H,8-9,12H2,1-3H3. The lowest BCUT2D eigenvalue weighted by atomic mass is 9.73. The van der Waals surface area contributed by atoms with Crippen molar-refractivity contribution in [1.82, 2.24) is 9.55 Å². The second-order valence-electron chi connectivity index (χ2n) is 6.64. The second-order valence-corrected chi connectivity index (χ2v) is 7.08. The first kappa shape index (κ1) is 16.1. The van der Waals surface area contributed by atoms with Crippen molar-refractivity contribution in [1.29, 1.82) is 0 Å². The van der Waals surface area contributed by atoms with Crippen molar-refractivity contribution in [3.63, 3.8) is 0 Å². The fourth-order valence-corrected chi connectivity index (χ4v) is 2.50. The quantitative estimate of drug-likeness (QED) is 0.908. The molecular formula is C17H23ClN2O. The monoisotopic (exact) mass is 306 g/mol. The summed E-state index contributed by atoms with van der Waals surface area (Å²) >= 11 is 5.91. The molecule has 0 saturated carbocycles. The smallest absolute Gasteiger partial charge is 0.0946 e.